The summed E-state index contributed by atoms with van der Waals surface area (Å²) in [5.41, 5.74) is 0. The Morgan fingerprint density at radius 3 is 3.08 bits per heavy atom. The van der Waals surface area contributed by atoms with E-state index in [1.165, 1.54) is 32.4 Å². The van der Waals surface area contributed by atoms with Crippen LogP contribution < -0.4 is 5.32 Å². The van der Waals surface area contributed by atoms with Crippen molar-refractivity contribution >= 4 is 0 Å². The number of nitrogens with zero attached hydrogens (tertiary/aromatic N) is 1. The van der Waals surface area contributed by atoms with E-state index < -0.39 is 0 Å². The van der Waals surface area contributed by atoms with Crippen LogP contribution in [-0.4, -0.2) is 45.4 Å². The second-order valence-corrected chi connectivity index (χ2v) is 3.99. The molecule has 0 spiro atoms. The van der Waals surface area contributed by atoms with Crippen LogP contribution in [0.1, 0.15) is 19.3 Å². The fourth-order valence-electron chi connectivity index (χ4n) is 1.99. The lowest BCUT2D eigenvalue weighted by atomic mass is 9.95. The van der Waals surface area contributed by atoms with Crippen molar-refractivity contribution in [2.45, 2.75) is 19.3 Å². The van der Waals surface area contributed by atoms with Gasteiger partial charge in [-0.25, -0.2) is 0 Å². The van der Waals surface area contributed by atoms with Crippen molar-refractivity contribution in [3.8, 4) is 0 Å². The predicted molar refractivity (Wildman–Crippen MR) is 54.7 cm³/mol. The highest BCUT2D eigenvalue weighted by Gasteiger charge is 2.15. The number of hydrogen-bond acceptors (Lipinski definition) is 3. The summed E-state index contributed by atoms with van der Waals surface area (Å²) >= 11 is 0. The summed E-state index contributed by atoms with van der Waals surface area (Å²) in [5.74, 6) is 0.892. The van der Waals surface area contributed by atoms with Crippen LogP contribution in [-0.2, 0) is 4.74 Å². The number of nitrogens with one attached hydrogen (secondary N) is 1. The highest BCUT2D eigenvalue weighted by atomic mass is 16.5. The first-order valence-electron chi connectivity index (χ1n) is 5.21. The summed E-state index contributed by atoms with van der Waals surface area (Å²) < 4.78 is 4.93. The lowest BCUT2D eigenvalue weighted by molar-refractivity contribution is 0.164. The molecule has 1 heterocycles. The molecule has 3 nitrogen and oxygen atoms in total. The molecule has 1 aliphatic rings. The molecule has 0 saturated carbocycles. The van der Waals surface area contributed by atoms with Crippen LogP contribution in [0.25, 0.3) is 0 Å². The van der Waals surface area contributed by atoms with Gasteiger partial charge in [0.1, 0.15) is 0 Å². The van der Waals surface area contributed by atoms with Crippen LogP contribution in [0.3, 0.4) is 0 Å². The molecule has 3 heteroatoms. The van der Waals surface area contributed by atoms with E-state index in [-0.39, 0.29) is 0 Å². The minimum Gasteiger partial charge on any atom is -0.370 e. The number of ether oxygens (including phenoxy) is 1. The van der Waals surface area contributed by atoms with E-state index in [1.54, 1.807) is 7.11 Å². The normalized spacial score (nSPS) is 24.9. The Labute approximate surface area is 81.4 Å². The Morgan fingerprint density at radius 1 is 1.54 bits per heavy atom. The average molecular weight is 186 g/mol. The molecule has 0 aliphatic carbocycles. The summed E-state index contributed by atoms with van der Waals surface area (Å²) in [6.45, 7) is 4.32. The van der Waals surface area contributed by atoms with Gasteiger partial charge in [-0.3, -0.25) is 5.32 Å². The SMILES string of the molecule is COCNCCC1CCCN(C)C1. The molecular formula is C10H22N2O. The molecule has 1 saturated heterocycles. The van der Waals surface area contributed by atoms with Crippen LogP contribution in [0.4, 0.5) is 0 Å². The smallest absolute Gasteiger partial charge is 0.0961 e. The molecule has 0 amide bonds. The first-order valence-corrected chi connectivity index (χ1v) is 5.21. The lowest BCUT2D eigenvalue weighted by Crippen LogP contribution is -2.33. The number of likely N-dealkylation sites (tertiary alicyclic amines) is 1. The van der Waals surface area contributed by atoms with Gasteiger partial charge in [0.2, 0.25) is 0 Å². The fraction of sp³-hybridized carbons (Fsp3) is 1.00. The van der Waals surface area contributed by atoms with E-state index >= 15 is 0 Å². The summed E-state index contributed by atoms with van der Waals surface area (Å²) in [6, 6.07) is 0. The second kappa shape index (κ2) is 6.35. The van der Waals surface area contributed by atoms with Crippen molar-refractivity contribution in [1.29, 1.82) is 0 Å². The number of hydrogen-bond donors (Lipinski definition) is 1. The zero-order valence-corrected chi connectivity index (χ0v) is 8.88. The quantitative estimate of drug-likeness (QED) is 0.510. The Bertz CT molecular complexity index is 130. The molecule has 0 aromatic heterocycles. The third-order valence-electron chi connectivity index (χ3n) is 2.70. The molecule has 0 aromatic rings. The summed E-state index contributed by atoms with van der Waals surface area (Å²) in [7, 11) is 3.94. The van der Waals surface area contributed by atoms with Gasteiger partial charge < -0.3 is 9.64 Å². The second-order valence-electron chi connectivity index (χ2n) is 3.99. The molecule has 1 rings (SSSR count). The molecule has 0 aromatic carbocycles. The van der Waals surface area contributed by atoms with Crippen LogP contribution >= 0.6 is 0 Å². The van der Waals surface area contributed by atoms with Gasteiger partial charge in [-0.2, -0.15) is 0 Å². The first-order chi connectivity index (χ1) is 6.33. The van der Waals surface area contributed by atoms with Crippen molar-refractivity contribution in [3.05, 3.63) is 0 Å². The van der Waals surface area contributed by atoms with Crippen molar-refractivity contribution in [2.24, 2.45) is 5.92 Å². The summed E-state index contributed by atoms with van der Waals surface area (Å²) in [5, 5.41) is 3.26. The van der Waals surface area contributed by atoms with Crippen molar-refractivity contribution in [2.75, 3.05) is 40.5 Å². The van der Waals surface area contributed by atoms with Gasteiger partial charge in [-0.15, -0.1) is 0 Å². The maximum absolute atomic E-state index is 4.93. The minimum atomic E-state index is 0.683. The minimum absolute atomic E-state index is 0.683. The van der Waals surface area contributed by atoms with Crippen LogP contribution in [0.5, 0.6) is 0 Å². The lowest BCUT2D eigenvalue weighted by Gasteiger charge is -2.29. The van der Waals surface area contributed by atoms with Gasteiger partial charge in [-0.05, 0) is 45.3 Å². The molecule has 0 radical (unpaired) electrons. The van der Waals surface area contributed by atoms with Gasteiger partial charge in [0, 0.05) is 13.7 Å². The van der Waals surface area contributed by atoms with Crippen molar-refractivity contribution in [1.82, 2.24) is 10.2 Å². The molecule has 1 unspecified atom stereocenters. The van der Waals surface area contributed by atoms with Gasteiger partial charge in [0.15, 0.2) is 0 Å². The molecule has 1 aliphatic heterocycles. The molecule has 78 valence electrons. The Morgan fingerprint density at radius 2 is 2.38 bits per heavy atom. The molecule has 13 heavy (non-hydrogen) atoms. The Kier molecular flexibility index (Phi) is 5.35. The van der Waals surface area contributed by atoms with Crippen LogP contribution in [0, 0.1) is 5.92 Å². The van der Waals surface area contributed by atoms with Crippen molar-refractivity contribution < 1.29 is 4.74 Å². The highest BCUT2D eigenvalue weighted by Crippen LogP contribution is 2.17. The van der Waals surface area contributed by atoms with Gasteiger partial charge in [0.25, 0.3) is 0 Å². The maximum Gasteiger partial charge on any atom is 0.0961 e. The van der Waals surface area contributed by atoms with E-state index in [9.17, 15) is 0 Å². The van der Waals surface area contributed by atoms with Gasteiger partial charge in [-0.1, -0.05) is 0 Å². The standard InChI is InChI=1S/C10H22N2O/c1-12-7-3-4-10(8-12)5-6-11-9-13-2/h10-11H,3-9H2,1-2H3. The zero-order valence-electron chi connectivity index (χ0n) is 8.88. The first kappa shape index (κ1) is 11.0. The summed E-state index contributed by atoms with van der Waals surface area (Å²) in [6.07, 6.45) is 4.05. The summed E-state index contributed by atoms with van der Waals surface area (Å²) in [4.78, 5) is 2.44. The molecule has 1 fully saturated rings. The largest absolute Gasteiger partial charge is 0.370 e. The Hall–Kier alpha value is -0.120. The Balaban J connectivity index is 2.00. The number of piperidine rings is 1. The molecular weight excluding hydrogens is 164 g/mol. The predicted octanol–water partition coefficient (Wildman–Crippen LogP) is 0.912. The number of rotatable bonds is 5. The van der Waals surface area contributed by atoms with Gasteiger partial charge in [0.05, 0.1) is 6.73 Å². The highest BCUT2D eigenvalue weighted by molar-refractivity contribution is 4.70. The van der Waals surface area contributed by atoms with Crippen LogP contribution in [0.15, 0.2) is 0 Å². The fourth-order valence-corrected chi connectivity index (χ4v) is 1.99. The average Bonchev–Trinajstić information content (AvgIpc) is 2.13. The maximum atomic E-state index is 4.93. The molecule has 1 atom stereocenters. The van der Waals surface area contributed by atoms with E-state index in [0.717, 1.165) is 12.5 Å². The topological polar surface area (TPSA) is 24.5 Å². The van der Waals surface area contributed by atoms with Crippen LogP contribution in [0.2, 0.25) is 0 Å². The van der Waals surface area contributed by atoms with E-state index in [1.807, 2.05) is 0 Å². The number of methoxy groups -OCH3 is 1. The third kappa shape index (κ3) is 4.60. The van der Waals surface area contributed by atoms with Crippen molar-refractivity contribution in [3.63, 3.8) is 0 Å². The van der Waals surface area contributed by atoms with E-state index in [0.29, 0.717) is 6.73 Å². The van der Waals surface area contributed by atoms with Gasteiger partial charge >= 0.3 is 0 Å². The molecule has 1 N–H and O–H groups in total. The van der Waals surface area contributed by atoms with E-state index in [4.69, 9.17) is 4.74 Å². The zero-order chi connectivity index (χ0) is 9.52. The third-order valence-corrected chi connectivity index (χ3v) is 2.70. The monoisotopic (exact) mass is 186 g/mol. The molecule has 0 bridgehead atoms. The van der Waals surface area contributed by atoms with E-state index in [2.05, 4.69) is 17.3 Å².